The van der Waals surface area contributed by atoms with Crippen LogP contribution in [0.5, 0.6) is 11.5 Å². The number of rotatable bonds is 9. The minimum Gasteiger partial charge on any atom is -0.457 e. The summed E-state index contributed by atoms with van der Waals surface area (Å²) in [5.41, 5.74) is 2.94. The third-order valence-electron chi connectivity index (χ3n) is 5.86. The molecule has 0 saturated heterocycles. The molecule has 0 aliphatic rings. The molecule has 1 N–H and O–H groups in total. The Kier molecular flexibility index (Phi) is 7.94. The van der Waals surface area contributed by atoms with E-state index in [0.29, 0.717) is 22.9 Å². The number of ether oxygens (including phenoxy) is 1. The first-order valence-corrected chi connectivity index (χ1v) is 13.5. The molecule has 0 radical (unpaired) electrons. The first-order chi connectivity index (χ1) is 17.7. The lowest BCUT2D eigenvalue weighted by molar-refractivity contribution is -0.114. The Bertz CT molecular complexity index is 1450. The summed E-state index contributed by atoms with van der Waals surface area (Å²) in [6.45, 7) is 5.58. The van der Waals surface area contributed by atoms with Crippen molar-refractivity contribution in [1.29, 1.82) is 0 Å². The Morgan fingerprint density at radius 1 is 0.811 bits per heavy atom. The van der Waals surface area contributed by atoms with Crippen LogP contribution in [0.4, 0.5) is 11.4 Å². The number of carbonyl (C=O) groups excluding carboxylic acids is 1. The van der Waals surface area contributed by atoms with Crippen LogP contribution >= 0.6 is 0 Å². The third-order valence-corrected chi connectivity index (χ3v) is 7.64. The van der Waals surface area contributed by atoms with E-state index in [0.717, 1.165) is 15.4 Å². The summed E-state index contributed by atoms with van der Waals surface area (Å²) >= 11 is 0. The second-order valence-corrected chi connectivity index (χ2v) is 10.9. The standard InChI is InChI=1S/C30H30N2O4S/c1-22(2)28-11-7-8-12-29(28)31-30(33)21-32(37(34,35)27-19-13-23(3)14-20-27)24-15-17-26(18-16-24)36-25-9-5-4-6-10-25/h4-20,22H,21H2,1-3H3,(H,31,33). The molecule has 0 unspecified atom stereocenters. The quantitative estimate of drug-likeness (QED) is 0.268. The summed E-state index contributed by atoms with van der Waals surface area (Å²) in [7, 11) is -4.02. The molecule has 0 spiro atoms. The van der Waals surface area contributed by atoms with E-state index < -0.39 is 15.9 Å². The lowest BCUT2D eigenvalue weighted by Gasteiger charge is -2.25. The molecule has 0 aromatic heterocycles. The Morgan fingerprint density at radius 2 is 1.41 bits per heavy atom. The van der Waals surface area contributed by atoms with Gasteiger partial charge in [-0.2, -0.15) is 0 Å². The van der Waals surface area contributed by atoms with Crippen LogP contribution in [-0.4, -0.2) is 20.9 Å². The number of nitrogens with one attached hydrogen (secondary N) is 1. The second kappa shape index (κ2) is 11.3. The number of nitrogens with zero attached hydrogens (tertiary/aromatic N) is 1. The zero-order valence-electron chi connectivity index (χ0n) is 21.1. The highest BCUT2D eigenvalue weighted by Gasteiger charge is 2.27. The fourth-order valence-corrected chi connectivity index (χ4v) is 5.31. The number of anilines is 2. The van der Waals surface area contributed by atoms with E-state index in [1.807, 2.05) is 75.4 Å². The molecular formula is C30H30N2O4S. The summed E-state index contributed by atoms with van der Waals surface area (Å²) in [6, 6.07) is 30.1. The van der Waals surface area contributed by atoms with Gasteiger partial charge >= 0.3 is 0 Å². The number of carbonyl (C=O) groups is 1. The molecule has 7 heteroatoms. The maximum absolute atomic E-state index is 13.7. The number of benzene rings is 4. The molecule has 4 aromatic carbocycles. The number of aryl methyl sites for hydroxylation is 1. The van der Waals surface area contributed by atoms with Gasteiger partial charge in [-0.25, -0.2) is 8.42 Å². The normalized spacial score (nSPS) is 11.2. The van der Waals surface area contributed by atoms with Gasteiger partial charge in [0.2, 0.25) is 5.91 Å². The first kappa shape index (κ1) is 26.0. The van der Waals surface area contributed by atoms with E-state index in [-0.39, 0.29) is 17.4 Å². The monoisotopic (exact) mass is 514 g/mol. The maximum Gasteiger partial charge on any atom is 0.264 e. The highest BCUT2D eigenvalue weighted by Crippen LogP contribution is 2.29. The number of hydrogen-bond acceptors (Lipinski definition) is 4. The first-order valence-electron chi connectivity index (χ1n) is 12.0. The van der Waals surface area contributed by atoms with Crippen molar-refractivity contribution in [3.05, 3.63) is 114 Å². The van der Waals surface area contributed by atoms with Crippen LogP contribution in [0, 0.1) is 6.92 Å². The van der Waals surface area contributed by atoms with Gasteiger partial charge in [-0.15, -0.1) is 0 Å². The summed E-state index contributed by atoms with van der Waals surface area (Å²) in [5.74, 6) is 0.981. The molecule has 1 amide bonds. The number of amides is 1. The molecule has 37 heavy (non-hydrogen) atoms. The molecule has 4 aromatic rings. The van der Waals surface area contributed by atoms with Gasteiger partial charge in [-0.05, 0) is 73.0 Å². The van der Waals surface area contributed by atoms with E-state index in [2.05, 4.69) is 5.32 Å². The van der Waals surface area contributed by atoms with Crippen molar-refractivity contribution in [2.45, 2.75) is 31.6 Å². The Balaban J connectivity index is 1.64. The van der Waals surface area contributed by atoms with Crippen molar-refractivity contribution >= 4 is 27.3 Å². The van der Waals surface area contributed by atoms with Crippen molar-refractivity contribution in [3.8, 4) is 11.5 Å². The number of sulfonamides is 1. The average Bonchev–Trinajstić information content (AvgIpc) is 2.89. The van der Waals surface area contributed by atoms with Crippen molar-refractivity contribution in [2.24, 2.45) is 0 Å². The zero-order chi connectivity index (χ0) is 26.4. The van der Waals surface area contributed by atoms with Crippen LogP contribution in [0.2, 0.25) is 0 Å². The molecule has 0 fully saturated rings. The van der Waals surface area contributed by atoms with Crippen molar-refractivity contribution in [2.75, 3.05) is 16.2 Å². The van der Waals surface area contributed by atoms with Gasteiger partial charge in [0.15, 0.2) is 0 Å². The number of hydrogen-bond donors (Lipinski definition) is 1. The molecule has 6 nitrogen and oxygen atoms in total. The predicted molar refractivity (Wildman–Crippen MR) is 148 cm³/mol. The molecule has 0 atom stereocenters. The van der Waals surface area contributed by atoms with E-state index >= 15 is 0 Å². The van der Waals surface area contributed by atoms with Gasteiger partial charge in [0.1, 0.15) is 18.0 Å². The molecule has 0 aliphatic carbocycles. The minimum atomic E-state index is -4.02. The third kappa shape index (κ3) is 6.37. The topological polar surface area (TPSA) is 75.7 Å². The minimum absolute atomic E-state index is 0.109. The van der Waals surface area contributed by atoms with Crippen molar-refractivity contribution < 1.29 is 17.9 Å². The average molecular weight is 515 g/mol. The lowest BCUT2D eigenvalue weighted by Crippen LogP contribution is -2.38. The Morgan fingerprint density at radius 3 is 2.05 bits per heavy atom. The molecule has 190 valence electrons. The molecular weight excluding hydrogens is 484 g/mol. The van der Waals surface area contributed by atoms with Crippen LogP contribution in [0.3, 0.4) is 0 Å². The maximum atomic E-state index is 13.7. The van der Waals surface area contributed by atoms with Gasteiger partial charge in [-0.3, -0.25) is 9.10 Å². The summed E-state index contributed by atoms with van der Waals surface area (Å²) in [5, 5.41) is 2.90. The van der Waals surface area contributed by atoms with Crippen LogP contribution < -0.4 is 14.4 Å². The fourth-order valence-electron chi connectivity index (χ4n) is 3.89. The van der Waals surface area contributed by atoms with Gasteiger partial charge in [-0.1, -0.05) is 67.9 Å². The Labute approximate surface area is 218 Å². The van der Waals surface area contributed by atoms with Crippen molar-refractivity contribution in [1.82, 2.24) is 0 Å². The van der Waals surface area contributed by atoms with Gasteiger partial charge < -0.3 is 10.1 Å². The molecule has 4 rings (SSSR count). The van der Waals surface area contributed by atoms with E-state index in [1.165, 1.54) is 0 Å². The van der Waals surface area contributed by atoms with Crippen LogP contribution in [0.1, 0.15) is 30.9 Å². The molecule has 0 bridgehead atoms. The Hall–Kier alpha value is -4.10. The molecule has 0 heterocycles. The van der Waals surface area contributed by atoms with Crippen LogP contribution in [0.15, 0.2) is 108 Å². The SMILES string of the molecule is Cc1ccc(S(=O)(=O)N(CC(=O)Nc2ccccc2C(C)C)c2ccc(Oc3ccccc3)cc2)cc1. The largest absolute Gasteiger partial charge is 0.457 e. The smallest absolute Gasteiger partial charge is 0.264 e. The zero-order valence-corrected chi connectivity index (χ0v) is 21.9. The summed E-state index contributed by atoms with van der Waals surface area (Å²) < 4.78 is 34.4. The fraction of sp³-hybridized carbons (Fsp3) is 0.167. The highest BCUT2D eigenvalue weighted by atomic mass is 32.2. The van der Waals surface area contributed by atoms with Crippen LogP contribution in [0.25, 0.3) is 0 Å². The summed E-state index contributed by atoms with van der Waals surface area (Å²) in [4.78, 5) is 13.3. The van der Waals surface area contributed by atoms with E-state index in [9.17, 15) is 13.2 Å². The van der Waals surface area contributed by atoms with E-state index in [1.54, 1.807) is 48.5 Å². The van der Waals surface area contributed by atoms with Crippen molar-refractivity contribution in [3.63, 3.8) is 0 Å². The molecule has 0 aliphatic heterocycles. The number of para-hydroxylation sites is 2. The second-order valence-electron chi connectivity index (χ2n) is 9.02. The van der Waals surface area contributed by atoms with Gasteiger partial charge in [0, 0.05) is 5.69 Å². The lowest BCUT2D eigenvalue weighted by atomic mass is 10.0. The van der Waals surface area contributed by atoms with Gasteiger partial charge in [0.25, 0.3) is 10.0 Å². The summed E-state index contributed by atoms with van der Waals surface area (Å²) in [6.07, 6.45) is 0. The van der Waals surface area contributed by atoms with E-state index in [4.69, 9.17) is 4.74 Å². The van der Waals surface area contributed by atoms with Gasteiger partial charge in [0.05, 0.1) is 10.6 Å². The molecule has 0 saturated carbocycles. The van der Waals surface area contributed by atoms with Crippen LogP contribution in [-0.2, 0) is 14.8 Å². The highest BCUT2D eigenvalue weighted by molar-refractivity contribution is 7.92. The predicted octanol–water partition coefficient (Wildman–Crippen LogP) is 6.74.